The van der Waals surface area contributed by atoms with Gasteiger partial charge in [-0.15, -0.1) is 0 Å². The third-order valence-corrected chi connectivity index (χ3v) is 6.24. The number of likely N-dealkylation sites (N-methyl/N-ethyl adjacent to an activating group) is 1. The summed E-state index contributed by atoms with van der Waals surface area (Å²) in [6.45, 7) is 6.18. The number of non-ortho nitro benzene ring substituents is 1. The van der Waals surface area contributed by atoms with Gasteiger partial charge in [-0.05, 0) is 67.8 Å². The standard InChI is InChI=1S/C25H23N3O3/c1-17(12-14-26)5-6-18-7-9-22-21(15-18)24(2,3)25(27(22)4)13-11-19-16-20(28(29)30)8-10-23(19)31-25/h5-13,15-16H,1-4H3/b6-5-,17-12+. The molecular weight excluding hydrogens is 390 g/mol. The number of nitrogens with zero attached hydrogens (tertiary/aromatic N) is 3. The van der Waals surface area contributed by atoms with Crippen molar-refractivity contribution in [2.75, 3.05) is 11.9 Å². The number of hydrogen-bond acceptors (Lipinski definition) is 5. The Hall–Kier alpha value is -3.85. The molecule has 0 saturated heterocycles. The maximum absolute atomic E-state index is 11.1. The van der Waals surface area contributed by atoms with Crippen molar-refractivity contribution in [2.24, 2.45) is 0 Å². The number of ether oxygens (including phenoxy) is 1. The Morgan fingerprint density at radius 1 is 1.26 bits per heavy atom. The Labute approximate surface area is 181 Å². The van der Waals surface area contributed by atoms with Crippen LogP contribution in [0.25, 0.3) is 12.2 Å². The fourth-order valence-corrected chi connectivity index (χ4v) is 4.41. The average Bonchev–Trinajstić information content (AvgIpc) is 2.90. The molecule has 0 aromatic heterocycles. The zero-order valence-corrected chi connectivity index (χ0v) is 17.9. The topological polar surface area (TPSA) is 79.4 Å². The second kappa shape index (κ2) is 7.13. The van der Waals surface area contributed by atoms with Crippen LogP contribution in [0.2, 0.25) is 0 Å². The molecule has 0 bridgehead atoms. The van der Waals surface area contributed by atoms with Crippen LogP contribution in [0, 0.1) is 21.4 Å². The number of nitro groups is 1. The molecule has 0 fully saturated rings. The number of nitro benzene ring substituents is 1. The summed E-state index contributed by atoms with van der Waals surface area (Å²) in [5, 5.41) is 19.9. The van der Waals surface area contributed by atoms with Gasteiger partial charge in [-0.2, -0.15) is 5.26 Å². The first-order valence-electron chi connectivity index (χ1n) is 9.99. The van der Waals surface area contributed by atoms with Gasteiger partial charge >= 0.3 is 0 Å². The number of anilines is 1. The van der Waals surface area contributed by atoms with Crippen LogP contribution in [-0.4, -0.2) is 17.7 Å². The lowest BCUT2D eigenvalue weighted by molar-refractivity contribution is -0.384. The normalized spacial score (nSPS) is 21.0. The molecule has 0 saturated carbocycles. The molecule has 2 aromatic carbocycles. The van der Waals surface area contributed by atoms with E-state index < -0.39 is 16.1 Å². The number of rotatable bonds is 3. The molecule has 2 heterocycles. The molecule has 0 amide bonds. The van der Waals surface area contributed by atoms with Crippen molar-refractivity contribution in [2.45, 2.75) is 31.9 Å². The van der Waals surface area contributed by atoms with Crippen molar-refractivity contribution >= 4 is 23.5 Å². The maximum Gasteiger partial charge on any atom is 0.270 e. The molecule has 1 spiro atoms. The Morgan fingerprint density at radius 2 is 2.03 bits per heavy atom. The molecule has 2 aliphatic rings. The summed E-state index contributed by atoms with van der Waals surface area (Å²) in [7, 11) is 2.00. The third-order valence-electron chi connectivity index (χ3n) is 6.24. The number of allylic oxidation sites excluding steroid dienone is 3. The van der Waals surface area contributed by atoms with Crippen LogP contribution in [0.1, 0.15) is 37.5 Å². The first-order valence-corrected chi connectivity index (χ1v) is 9.99. The summed E-state index contributed by atoms with van der Waals surface area (Å²) in [6, 6.07) is 13.0. The fourth-order valence-electron chi connectivity index (χ4n) is 4.41. The Bertz CT molecular complexity index is 1220. The van der Waals surface area contributed by atoms with E-state index >= 15 is 0 Å². The van der Waals surface area contributed by atoms with E-state index in [-0.39, 0.29) is 5.69 Å². The molecule has 31 heavy (non-hydrogen) atoms. The largest absolute Gasteiger partial charge is 0.463 e. The van der Waals surface area contributed by atoms with Gasteiger partial charge in [0.2, 0.25) is 5.72 Å². The quantitative estimate of drug-likeness (QED) is 0.283. The summed E-state index contributed by atoms with van der Waals surface area (Å²) in [4.78, 5) is 12.8. The Kier molecular flexibility index (Phi) is 4.70. The van der Waals surface area contributed by atoms with Crippen molar-refractivity contribution in [3.63, 3.8) is 0 Å². The lowest BCUT2D eigenvalue weighted by atomic mass is 9.76. The molecule has 2 aromatic rings. The van der Waals surface area contributed by atoms with Crippen molar-refractivity contribution in [3.05, 3.63) is 87.0 Å². The SMILES string of the molecule is CC(/C=C\c1ccc2c(c1)C(C)(C)C1(C=Cc3cc([N+](=O)[O-])ccc3O1)N2C)=C\C#N. The van der Waals surface area contributed by atoms with Gasteiger partial charge in [0.1, 0.15) is 5.75 Å². The van der Waals surface area contributed by atoms with Gasteiger partial charge in [-0.1, -0.05) is 18.2 Å². The zero-order chi connectivity index (χ0) is 22.4. The molecule has 0 N–H and O–H groups in total. The van der Waals surface area contributed by atoms with Crippen molar-refractivity contribution in [1.29, 1.82) is 5.26 Å². The van der Waals surface area contributed by atoms with E-state index in [9.17, 15) is 10.1 Å². The van der Waals surface area contributed by atoms with Gasteiger partial charge in [-0.3, -0.25) is 10.1 Å². The summed E-state index contributed by atoms with van der Waals surface area (Å²) in [5.41, 5.74) is 3.74. The van der Waals surface area contributed by atoms with Crippen LogP contribution >= 0.6 is 0 Å². The van der Waals surface area contributed by atoms with Gasteiger partial charge in [0, 0.05) is 36.5 Å². The van der Waals surface area contributed by atoms with E-state index in [2.05, 4.69) is 30.9 Å². The van der Waals surface area contributed by atoms with Crippen molar-refractivity contribution < 1.29 is 9.66 Å². The minimum absolute atomic E-state index is 0.0439. The number of hydrogen-bond donors (Lipinski definition) is 0. The second-order valence-electron chi connectivity index (χ2n) is 8.42. The highest BCUT2D eigenvalue weighted by Gasteiger charge is 2.57. The highest BCUT2D eigenvalue weighted by Crippen LogP contribution is 2.54. The van der Waals surface area contributed by atoms with E-state index in [4.69, 9.17) is 10.00 Å². The highest BCUT2D eigenvalue weighted by atomic mass is 16.6. The van der Waals surface area contributed by atoms with Gasteiger partial charge in [-0.25, -0.2) is 0 Å². The molecule has 156 valence electrons. The zero-order valence-electron chi connectivity index (χ0n) is 17.9. The summed E-state index contributed by atoms with van der Waals surface area (Å²) < 4.78 is 6.55. The smallest absolute Gasteiger partial charge is 0.270 e. The van der Waals surface area contributed by atoms with E-state index in [1.54, 1.807) is 6.07 Å². The number of benzene rings is 2. The van der Waals surface area contributed by atoms with Gasteiger partial charge < -0.3 is 9.64 Å². The van der Waals surface area contributed by atoms with Crippen molar-refractivity contribution in [3.8, 4) is 11.8 Å². The average molecular weight is 413 g/mol. The van der Waals surface area contributed by atoms with E-state index in [0.717, 1.165) is 22.4 Å². The lowest BCUT2D eigenvalue weighted by Gasteiger charge is -2.45. The molecule has 6 heteroatoms. The molecule has 2 aliphatic heterocycles. The molecule has 4 rings (SSSR count). The van der Waals surface area contributed by atoms with E-state index in [1.807, 2.05) is 50.4 Å². The van der Waals surface area contributed by atoms with Crippen molar-refractivity contribution in [1.82, 2.24) is 0 Å². The van der Waals surface area contributed by atoms with Crippen LogP contribution in [0.3, 0.4) is 0 Å². The van der Waals surface area contributed by atoms with Gasteiger partial charge in [0.05, 0.1) is 16.4 Å². The first kappa shape index (κ1) is 20.4. The molecule has 1 unspecified atom stereocenters. The van der Waals surface area contributed by atoms with Gasteiger partial charge in [0.25, 0.3) is 5.69 Å². The minimum Gasteiger partial charge on any atom is -0.463 e. The van der Waals surface area contributed by atoms with Gasteiger partial charge in [0.15, 0.2) is 0 Å². The number of nitriles is 1. The minimum atomic E-state index is -0.753. The summed E-state index contributed by atoms with van der Waals surface area (Å²) in [5.74, 6) is 0.623. The molecule has 0 aliphatic carbocycles. The van der Waals surface area contributed by atoms with Crippen LogP contribution < -0.4 is 9.64 Å². The first-order chi connectivity index (χ1) is 14.7. The predicted molar refractivity (Wildman–Crippen MR) is 122 cm³/mol. The Balaban J connectivity index is 1.74. The Morgan fingerprint density at radius 3 is 2.74 bits per heavy atom. The monoisotopic (exact) mass is 413 g/mol. The van der Waals surface area contributed by atoms with Crippen LogP contribution in [0.5, 0.6) is 5.75 Å². The fraction of sp³-hybridized carbons (Fsp3) is 0.240. The van der Waals surface area contributed by atoms with E-state index in [0.29, 0.717) is 11.3 Å². The molecule has 1 atom stereocenters. The highest BCUT2D eigenvalue weighted by molar-refractivity contribution is 5.74. The summed E-state index contributed by atoms with van der Waals surface area (Å²) in [6.07, 6.45) is 9.34. The van der Waals surface area contributed by atoms with E-state index in [1.165, 1.54) is 18.2 Å². The maximum atomic E-state index is 11.1. The van der Waals surface area contributed by atoms with Crippen LogP contribution in [0.15, 0.2) is 60.2 Å². The lowest BCUT2D eigenvalue weighted by Crippen LogP contribution is -2.58. The second-order valence-corrected chi connectivity index (χ2v) is 8.42. The molecule has 6 nitrogen and oxygen atoms in total. The summed E-state index contributed by atoms with van der Waals surface area (Å²) >= 11 is 0. The predicted octanol–water partition coefficient (Wildman–Crippen LogP) is 5.61. The third kappa shape index (κ3) is 3.10. The molecular formula is C25H23N3O3. The van der Waals surface area contributed by atoms with Crippen LogP contribution in [-0.2, 0) is 5.41 Å². The number of fused-ring (bicyclic) bond motifs is 2. The van der Waals surface area contributed by atoms with Crippen LogP contribution in [0.4, 0.5) is 11.4 Å². The molecule has 0 radical (unpaired) electrons.